The van der Waals surface area contributed by atoms with Crippen LogP contribution in [-0.4, -0.2) is 20.1 Å². The van der Waals surface area contributed by atoms with Crippen LogP contribution in [0.25, 0.3) is 0 Å². The molecule has 0 saturated carbocycles. The van der Waals surface area contributed by atoms with Gasteiger partial charge in [-0.3, -0.25) is 4.79 Å². The van der Waals surface area contributed by atoms with E-state index in [1.807, 2.05) is 13.0 Å². The summed E-state index contributed by atoms with van der Waals surface area (Å²) < 4.78 is 29.4. The van der Waals surface area contributed by atoms with E-state index < -0.39 is 15.8 Å². The van der Waals surface area contributed by atoms with E-state index in [9.17, 15) is 13.2 Å². The number of aryl methyl sites for hydroxylation is 1. The number of nitriles is 1. The molecule has 0 amide bonds. The molecule has 6 heteroatoms. The molecule has 5 nitrogen and oxygen atoms in total. The van der Waals surface area contributed by atoms with Crippen LogP contribution in [0.15, 0.2) is 53.4 Å². The third kappa shape index (κ3) is 4.67. The number of hydrogen-bond donors (Lipinski definition) is 0. The van der Waals surface area contributed by atoms with Crippen molar-refractivity contribution in [2.24, 2.45) is 0 Å². The van der Waals surface area contributed by atoms with Gasteiger partial charge >= 0.3 is 5.97 Å². The molecule has 0 aliphatic carbocycles. The van der Waals surface area contributed by atoms with Gasteiger partial charge in [0.05, 0.1) is 28.7 Å². The molecule has 0 bridgehead atoms. The van der Waals surface area contributed by atoms with Gasteiger partial charge in [0.2, 0.25) is 0 Å². The normalized spacial score (nSPS) is 10.8. The fourth-order valence-corrected chi connectivity index (χ4v) is 3.29. The van der Waals surface area contributed by atoms with E-state index in [1.54, 1.807) is 36.4 Å². The van der Waals surface area contributed by atoms with Crippen molar-refractivity contribution in [3.63, 3.8) is 0 Å². The van der Waals surface area contributed by atoms with Crippen LogP contribution in [-0.2, 0) is 26.0 Å². The average molecular weight is 343 g/mol. The van der Waals surface area contributed by atoms with Crippen molar-refractivity contribution in [1.82, 2.24) is 0 Å². The highest BCUT2D eigenvalue weighted by atomic mass is 32.2. The smallest absolute Gasteiger partial charge is 0.307 e. The maximum absolute atomic E-state index is 12.2. The van der Waals surface area contributed by atoms with Crippen molar-refractivity contribution in [2.45, 2.75) is 24.8 Å². The zero-order chi connectivity index (χ0) is 17.6. The largest absolute Gasteiger partial charge is 0.461 e. The zero-order valence-electron chi connectivity index (χ0n) is 13.2. The van der Waals surface area contributed by atoms with Crippen molar-refractivity contribution in [3.05, 3.63) is 65.2 Å². The predicted octanol–water partition coefficient (Wildman–Crippen LogP) is 2.77. The van der Waals surface area contributed by atoms with Crippen LogP contribution in [0.5, 0.6) is 0 Å². The van der Waals surface area contributed by atoms with Gasteiger partial charge < -0.3 is 4.74 Å². The number of ether oxygens (including phenoxy) is 1. The SMILES string of the molecule is Cc1ccc(S(=O)(=O)CCC(=O)OCc2ccccc2C#N)cc1. The number of carbonyl (C=O) groups is 1. The van der Waals surface area contributed by atoms with Gasteiger partial charge in [-0.1, -0.05) is 35.9 Å². The number of nitrogens with zero attached hydrogens (tertiary/aromatic N) is 1. The standard InChI is InChI=1S/C18H17NO4S/c1-14-6-8-17(9-7-14)24(21,22)11-10-18(20)23-13-16-5-3-2-4-15(16)12-19/h2-9H,10-11,13H2,1H3. The Morgan fingerprint density at radius 1 is 1.12 bits per heavy atom. The van der Waals surface area contributed by atoms with Crippen molar-refractivity contribution in [1.29, 1.82) is 5.26 Å². The molecule has 2 aromatic carbocycles. The summed E-state index contributed by atoms with van der Waals surface area (Å²) in [6.07, 6.45) is -0.231. The highest BCUT2D eigenvalue weighted by Crippen LogP contribution is 2.14. The second kappa shape index (κ2) is 7.75. The van der Waals surface area contributed by atoms with Gasteiger partial charge in [0.15, 0.2) is 9.84 Å². The van der Waals surface area contributed by atoms with E-state index in [1.165, 1.54) is 12.1 Å². The van der Waals surface area contributed by atoms with Gasteiger partial charge in [-0.2, -0.15) is 5.26 Å². The molecule has 0 aromatic heterocycles. The second-order valence-electron chi connectivity index (χ2n) is 5.31. The van der Waals surface area contributed by atoms with Gasteiger partial charge in [0, 0.05) is 5.56 Å². The lowest BCUT2D eigenvalue weighted by Gasteiger charge is -2.07. The topological polar surface area (TPSA) is 84.2 Å². The van der Waals surface area contributed by atoms with Gasteiger partial charge in [0.1, 0.15) is 6.61 Å². The molecular formula is C18H17NO4S. The van der Waals surface area contributed by atoms with Crippen molar-refractivity contribution >= 4 is 15.8 Å². The van der Waals surface area contributed by atoms with E-state index in [2.05, 4.69) is 0 Å². The molecule has 0 aliphatic rings. The van der Waals surface area contributed by atoms with Crippen LogP contribution < -0.4 is 0 Å². The van der Waals surface area contributed by atoms with Crippen molar-refractivity contribution < 1.29 is 17.9 Å². The summed E-state index contributed by atoms with van der Waals surface area (Å²) in [5.41, 5.74) is 1.98. The Labute approximate surface area is 141 Å². The van der Waals surface area contributed by atoms with Crippen molar-refractivity contribution in [2.75, 3.05) is 5.75 Å². The molecule has 0 N–H and O–H groups in total. The highest BCUT2D eigenvalue weighted by Gasteiger charge is 2.17. The summed E-state index contributed by atoms with van der Waals surface area (Å²) in [5.74, 6) is -0.923. The van der Waals surface area contributed by atoms with Gasteiger partial charge in [0.25, 0.3) is 0 Å². The number of rotatable bonds is 6. The van der Waals surface area contributed by atoms with Crippen LogP contribution in [0.2, 0.25) is 0 Å². The molecule has 0 atom stereocenters. The molecule has 2 rings (SSSR count). The Bertz CT molecular complexity index is 865. The summed E-state index contributed by atoms with van der Waals surface area (Å²) in [7, 11) is -3.52. The Balaban J connectivity index is 1.91. The van der Waals surface area contributed by atoms with Crippen LogP contribution in [0.1, 0.15) is 23.1 Å². The predicted molar refractivity (Wildman–Crippen MR) is 88.8 cm³/mol. The minimum absolute atomic E-state index is 0.0485. The number of hydrogen-bond acceptors (Lipinski definition) is 5. The Hall–Kier alpha value is -2.65. The maximum atomic E-state index is 12.2. The first-order valence-corrected chi connectivity index (χ1v) is 9.00. The molecule has 0 spiro atoms. The quantitative estimate of drug-likeness (QED) is 0.753. The zero-order valence-corrected chi connectivity index (χ0v) is 14.0. The number of carbonyl (C=O) groups excluding carboxylic acids is 1. The lowest BCUT2D eigenvalue weighted by Crippen LogP contribution is -2.14. The molecule has 2 aromatic rings. The second-order valence-corrected chi connectivity index (χ2v) is 7.42. The lowest BCUT2D eigenvalue weighted by atomic mass is 10.1. The Morgan fingerprint density at radius 3 is 2.46 bits per heavy atom. The third-order valence-corrected chi connectivity index (χ3v) is 5.21. The van der Waals surface area contributed by atoms with Crippen molar-refractivity contribution in [3.8, 4) is 6.07 Å². The number of sulfone groups is 1. The molecule has 124 valence electrons. The molecule has 24 heavy (non-hydrogen) atoms. The first kappa shape index (κ1) is 17.7. The highest BCUT2D eigenvalue weighted by molar-refractivity contribution is 7.91. The van der Waals surface area contributed by atoms with Crippen LogP contribution >= 0.6 is 0 Å². The van der Waals surface area contributed by atoms with E-state index >= 15 is 0 Å². The van der Waals surface area contributed by atoms with Gasteiger partial charge in [-0.15, -0.1) is 0 Å². The number of esters is 1. The third-order valence-electron chi connectivity index (χ3n) is 3.48. The Morgan fingerprint density at radius 2 is 1.79 bits per heavy atom. The lowest BCUT2D eigenvalue weighted by molar-refractivity contribution is -0.144. The Kier molecular flexibility index (Phi) is 5.72. The summed E-state index contributed by atoms with van der Waals surface area (Å²) in [5, 5.41) is 8.97. The summed E-state index contributed by atoms with van der Waals surface area (Å²) in [4.78, 5) is 12.0. The molecule has 0 radical (unpaired) electrons. The average Bonchev–Trinajstić information content (AvgIpc) is 2.59. The van der Waals surface area contributed by atoms with Gasteiger partial charge in [-0.05, 0) is 25.1 Å². The molecule has 0 aliphatic heterocycles. The molecule has 0 unspecified atom stereocenters. The fourth-order valence-electron chi connectivity index (χ4n) is 2.07. The maximum Gasteiger partial charge on any atom is 0.307 e. The molecule has 0 saturated heterocycles. The van der Waals surface area contributed by atoms with Crippen LogP contribution in [0, 0.1) is 18.3 Å². The minimum Gasteiger partial charge on any atom is -0.461 e. The fraction of sp³-hybridized carbons (Fsp3) is 0.222. The monoisotopic (exact) mass is 343 g/mol. The summed E-state index contributed by atoms with van der Waals surface area (Å²) >= 11 is 0. The van der Waals surface area contributed by atoms with E-state index in [-0.39, 0.29) is 23.7 Å². The van der Waals surface area contributed by atoms with Crippen LogP contribution in [0.4, 0.5) is 0 Å². The summed E-state index contributed by atoms with van der Waals surface area (Å²) in [6.45, 7) is 1.82. The molecular weight excluding hydrogens is 326 g/mol. The van der Waals surface area contributed by atoms with E-state index in [0.29, 0.717) is 11.1 Å². The summed E-state index contributed by atoms with van der Waals surface area (Å²) in [6, 6.07) is 15.3. The number of benzene rings is 2. The minimum atomic E-state index is -3.52. The first-order valence-electron chi connectivity index (χ1n) is 7.35. The van der Waals surface area contributed by atoms with E-state index in [4.69, 9.17) is 10.00 Å². The van der Waals surface area contributed by atoms with Gasteiger partial charge in [-0.25, -0.2) is 8.42 Å². The first-order chi connectivity index (χ1) is 11.4. The molecule has 0 heterocycles. The van der Waals surface area contributed by atoms with E-state index in [0.717, 1.165) is 5.56 Å². The molecule has 0 fully saturated rings. The van der Waals surface area contributed by atoms with Crippen LogP contribution in [0.3, 0.4) is 0 Å².